The van der Waals surface area contributed by atoms with Crippen LogP contribution < -0.4 is 0 Å². The minimum atomic E-state index is -0.526. The number of hydrogen-bond donors (Lipinski definition) is 1. The van der Waals surface area contributed by atoms with Crippen LogP contribution in [0.1, 0.15) is 97.3 Å². The zero-order valence-electron chi connectivity index (χ0n) is 13.3. The quantitative estimate of drug-likeness (QED) is 0.318. The van der Waals surface area contributed by atoms with Crippen LogP contribution in [0.2, 0.25) is 0 Å². The number of ether oxygens (including phenoxy) is 1. The van der Waals surface area contributed by atoms with Crippen LogP contribution in [-0.4, -0.2) is 18.0 Å². The van der Waals surface area contributed by atoms with Crippen LogP contribution in [0.15, 0.2) is 0 Å². The third kappa shape index (κ3) is 15.9. The number of hydrogen-bond acceptors (Lipinski definition) is 2. The van der Waals surface area contributed by atoms with Gasteiger partial charge in [0.15, 0.2) is 6.29 Å². The third-order valence-electron chi connectivity index (χ3n) is 3.61. The predicted octanol–water partition coefficient (Wildman–Crippen LogP) is 5.43. The van der Waals surface area contributed by atoms with Gasteiger partial charge in [0.25, 0.3) is 0 Å². The monoisotopic (exact) mass is 272 g/mol. The Kier molecular flexibility index (Phi) is 15.9. The maximum Gasteiger partial charge on any atom is 0.154 e. The molecule has 0 aliphatic rings. The molecule has 0 spiro atoms. The molecule has 1 unspecified atom stereocenters. The highest BCUT2D eigenvalue weighted by Crippen LogP contribution is 2.10. The lowest BCUT2D eigenvalue weighted by molar-refractivity contribution is -0.105. The highest BCUT2D eigenvalue weighted by molar-refractivity contribution is 4.48. The Morgan fingerprint density at radius 1 is 0.684 bits per heavy atom. The number of unbranched alkanes of at least 4 members (excludes halogenated alkanes) is 10. The summed E-state index contributed by atoms with van der Waals surface area (Å²) in [6, 6.07) is 0. The molecule has 19 heavy (non-hydrogen) atoms. The van der Waals surface area contributed by atoms with Crippen molar-refractivity contribution in [3.8, 4) is 0 Å². The summed E-state index contributed by atoms with van der Waals surface area (Å²) in [5, 5.41) is 9.66. The topological polar surface area (TPSA) is 29.5 Å². The molecular formula is C17H36O2. The van der Waals surface area contributed by atoms with Gasteiger partial charge in [-0.15, -0.1) is 0 Å². The minimum Gasteiger partial charge on any atom is -0.368 e. The highest BCUT2D eigenvalue weighted by Gasteiger charge is 2.03. The maximum absolute atomic E-state index is 9.66. The Morgan fingerprint density at radius 2 is 1.16 bits per heavy atom. The van der Waals surface area contributed by atoms with E-state index in [0.717, 1.165) is 25.9 Å². The molecule has 0 aromatic heterocycles. The number of rotatable bonds is 15. The highest BCUT2D eigenvalue weighted by atomic mass is 16.6. The van der Waals surface area contributed by atoms with Gasteiger partial charge in [-0.1, -0.05) is 78.1 Å². The van der Waals surface area contributed by atoms with E-state index >= 15 is 0 Å². The van der Waals surface area contributed by atoms with Crippen LogP contribution >= 0.6 is 0 Å². The van der Waals surface area contributed by atoms with Gasteiger partial charge < -0.3 is 9.84 Å². The van der Waals surface area contributed by atoms with Gasteiger partial charge in [-0.05, 0) is 19.3 Å². The van der Waals surface area contributed by atoms with Crippen molar-refractivity contribution < 1.29 is 9.84 Å². The van der Waals surface area contributed by atoms with Crippen molar-refractivity contribution in [1.82, 2.24) is 0 Å². The molecule has 0 aromatic rings. The lowest BCUT2D eigenvalue weighted by Gasteiger charge is -2.11. The summed E-state index contributed by atoms with van der Waals surface area (Å²) in [5.41, 5.74) is 0. The van der Waals surface area contributed by atoms with Gasteiger partial charge in [-0.2, -0.15) is 0 Å². The Labute approximate surface area is 120 Å². The van der Waals surface area contributed by atoms with E-state index in [9.17, 15) is 5.11 Å². The summed E-state index contributed by atoms with van der Waals surface area (Å²) >= 11 is 0. The van der Waals surface area contributed by atoms with Gasteiger partial charge in [0.1, 0.15) is 0 Å². The molecule has 0 radical (unpaired) electrons. The molecule has 0 fully saturated rings. The summed E-state index contributed by atoms with van der Waals surface area (Å²) in [5.74, 6) is 0. The van der Waals surface area contributed by atoms with Crippen LogP contribution in [0, 0.1) is 0 Å². The predicted molar refractivity (Wildman–Crippen MR) is 83.3 cm³/mol. The molecule has 1 N–H and O–H groups in total. The molecular weight excluding hydrogens is 236 g/mol. The standard InChI is InChI=1S/C17H36O2/c1-3-5-7-9-10-12-14-16-19-17(18)15-13-11-8-6-4-2/h17-18H,3-16H2,1-2H3. The SMILES string of the molecule is CCCCCCCCCOC(O)CCCCCCC. The molecule has 1 atom stereocenters. The van der Waals surface area contributed by atoms with Gasteiger partial charge >= 0.3 is 0 Å². The van der Waals surface area contributed by atoms with Crippen LogP contribution in [0.3, 0.4) is 0 Å². The molecule has 0 heterocycles. The Bertz CT molecular complexity index is 159. The molecule has 0 aliphatic heterocycles. The zero-order valence-corrected chi connectivity index (χ0v) is 13.3. The van der Waals surface area contributed by atoms with Gasteiger partial charge in [0.05, 0.1) is 0 Å². The summed E-state index contributed by atoms with van der Waals surface area (Å²) in [7, 11) is 0. The Hall–Kier alpha value is -0.0800. The summed E-state index contributed by atoms with van der Waals surface area (Å²) in [6.07, 6.45) is 15.5. The fourth-order valence-electron chi connectivity index (χ4n) is 2.28. The smallest absolute Gasteiger partial charge is 0.154 e. The molecule has 0 aromatic carbocycles. The molecule has 116 valence electrons. The Morgan fingerprint density at radius 3 is 1.74 bits per heavy atom. The lowest BCUT2D eigenvalue weighted by atomic mass is 10.1. The molecule has 0 aliphatic carbocycles. The van der Waals surface area contributed by atoms with E-state index in [1.807, 2.05) is 0 Å². The van der Waals surface area contributed by atoms with Gasteiger partial charge in [0.2, 0.25) is 0 Å². The Balaban J connectivity index is 3.09. The number of aliphatic hydroxyl groups excluding tert-OH is 1. The fraction of sp³-hybridized carbons (Fsp3) is 1.00. The van der Waals surface area contributed by atoms with Gasteiger partial charge in [-0.25, -0.2) is 0 Å². The maximum atomic E-state index is 9.66. The van der Waals surface area contributed by atoms with Gasteiger partial charge in [-0.3, -0.25) is 0 Å². The molecule has 0 amide bonds. The number of aliphatic hydroxyl groups is 1. The average molecular weight is 272 g/mol. The van der Waals surface area contributed by atoms with E-state index in [-0.39, 0.29) is 0 Å². The largest absolute Gasteiger partial charge is 0.368 e. The first kappa shape index (κ1) is 18.9. The molecule has 0 saturated carbocycles. The van der Waals surface area contributed by atoms with Crippen LogP contribution in [0.5, 0.6) is 0 Å². The van der Waals surface area contributed by atoms with Crippen molar-refractivity contribution >= 4 is 0 Å². The van der Waals surface area contributed by atoms with Gasteiger partial charge in [0, 0.05) is 6.61 Å². The molecule has 0 rings (SSSR count). The first-order valence-electron chi connectivity index (χ1n) is 8.61. The summed E-state index contributed by atoms with van der Waals surface area (Å²) in [4.78, 5) is 0. The lowest BCUT2D eigenvalue weighted by Crippen LogP contribution is -2.12. The molecule has 0 saturated heterocycles. The van der Waals surface area contributed by atoms with E-state index in [1.54, 1.807) is 0 Å². The van der Waals surface area contributed by atoms with Crippen molar-refractivity contribution in [2.75, 3.05) is 6.61 Å². The average Bonchev–Trinajstić information content (AvgIpc) is 2.41. The minimum absolute atomic E-state index is 0.526. The second-order valence-corrected chi connectivity index (χ2v) is 5.65. The second kappa shape index (κ2) is 16.0. The van der Waals surface area contributed by atoms with E-state index in [2.05, 4.69) is 13.8 Å². The first-order valence-corrected chi connectivity index (χ1v) is 8.61. The van der Waals surface area contributed by atoms with Crippen molar-refractivity contribution in [3.05, 3.63) is 0 Å². The van der Waals surface area contributed by atoms with Crippen molar-refractivity contribution in [3.63, 3.8) is 0 Å². The van der Waals surface area contributed by atoms with E-state index < -0.39 is 6.29 Å². The van der Waals surface area contributed by atoms with Crippen molar-refractivity contribution in [2.45, 2.75) is 104 Å². The normalized spacial score (nSPS) is 12.8. The van der Waals surface area contributed by atoms with Crippen LogP contribution in [-0.2, 0) is 4.74 Å². The fourth-order valence-corrected chi connectivity index (χ4v) is 2.28. The van der Waals surface area contributed by atoms with Crippen molar-refractivity contribution in [1.29, 1.82) is 0 Å². The second-order valence-electron chi connectivity index (χ2n) is 5.65. The summed E-state index contributed by atoms with van der Waals surface area (Å²) < 4.78 is 5.43. The molecule has 2 nitrogen and oxygen atoms in total. The van der Waals surface area contributed by atoms with E-state index in [1.165, 1.54) is 64.2 Å². The zero-order chi connectivity index (χ0) is 14.2. The van der Waals surface area contributed by atoms with E-state index in [0.29, 0.717) is 0 Å². The molecule has 2 heteroatoms. The van der Waals surface area contributed by atoms with Crippen LogP contribution in [0.4, 0.5) is 0 Å². The third-order valence-corrected chi connectivity index (χ3v) is 3.61. The van der Waals surface area contributed by atoms with Crippen molar-refractivity contribution in [2.24, 2.45) is 0 Å². The summed E-state index contributed by atoms with van der Waals surface area (Å²) in [6.45, 7) is 5.20. The first-order chi connectivity index (χ1) is 9.31. The van der Waals surface area contributed by atoms with Crippen LogP contribution in [0.25, 0.3) is 0 Å². The molecule has 0 bridgehead atoms. The van der Waals surface area contributed by atoms with E-state index in [4.69, 9.17) is 4.74 Å².